The van der Waals surface area contributed by atoms with Crippen molar-refractivity contribution in [2.45, 2.75) is 63.5 Å². The van der Waals surface area contributed by atoms with Crippen LogP contribution in [0.25, 0.3) is 0 Å². The van der Waals surface area contributed by atoms with Gasteiger partial charge >= 0.3 is 6.09 Å². The van der Waals surface area contributed by atoms with Crippen LogP contribution in [0.2, 0.25) is 0 Å². The molecule has 1 aliphatic carbocycles. The van der Waals surface area contributed by atoms with Crippen LogP contribution in [-0.2, 0) is 4.74 Å². The summed E-state index contributed by atoms with van der Waals surface area (Å²) in [5, 5.41) is 0. The molecule has 3 saturated heterocycles. The Balaban J connectivity index is 1.29. The van der Waals surface area contributed by atoms with Gasteiger partial charge in [0.15, 0.2) is 0 Å². The predicted octanol–water partition coefficient (Wildman–Crippen LogP) is 6.15. The zero-order valence-corrected chi connectivity index (χ0v) is 20.3. The van der Waals surface area contributed by atoms with Crippen LogP contribution in [0.15, 0.2) is 54.6 Å². The molecule has 5 nitrogen and oxygen atoms in total. The van der Waals surface area contributed by atoms with Crippen LogP contribution in [0.4, 0.5) is 10.5 Å². The molecule has 6 rings (SSSR count). The minimum absolute atomic E-state index is 0.135. The van der Waals surface area contributed by atoms with E-state index in [-0.39, 0.29) is 18.1 Å². The zero-order chi connectivity index (χ0) is 23.5. The van der Waals surface area contributed by atoms with Gasteiger partial charge in [-0.2, -0.15) is 0 Å². The second-order valence-corrected chi connectivity index (χ2v) is 10.6. The average molecular weight is 462 g/mol. The van der Waals surface area contributed by atoms with Crippen LogP contribution >= 0.6 is 0 Å². The maximum atomic E-state index is 13.3. The van der Waals surface area contributed by atoms with Crippen molar-refractivity contribution in [3.05, 3.63) is 65.7 Å². The largest absolute Gasteiger partial charge is 0.418 e. The summed E-state index contributed by atoms with van der Waals surface area (Å²) in [5.41, 5.74) is 2.95. The van der Waals surface area contributed by atoms with Gasteiger partial charge in [-0.25, -0.2) is 4.79 Å². The SMILES string of the molecule is CN(C(=O)O[C@@H]1CC2CC[N+]1(CC(=O)c1ccccc1)CC2)c1cccc(C2CCCCC2)c1. The Kier molecular flexibility index (Phi) is 6.73. The number of ether oxygens (including phenoxy) is 1. The van der Waals surface area contributed by atoms with Crippen LogP contribution in [0.3, 0.4) is 0 Å². The molecule has 1 atom stereocenters. The van der Waals surface area contributed by atoms with Crippen molar-refractivity contribution in [3.8, 4) is 0 Å². The molecule has 0 aromatic heterocycles. The van der Waals surface area contributed by atoms with Crippen molar-refractivity contribution < 1.29 is 18.8 Å². The fourth-order valence-corrected chi connectivity index (χ4v) is 6.31. The lowest BCUT2D eigenvalue weighted by Gasteiger charge is -2.52. The summed E-state index contributed by atoms with van der Waals surface area (Å²) in [7, 11) is 1.80. The van der Waals surface area contributed by atoms with Gasteiger partial charge in [0, 0.05) is 37.6 Å². The van der Waals surface area contributed by atoms with Crippen LogP contribution in [0, 0.1) is 5.92 Å². The number of carbonyl (C=O) groups is 2. The summed E-state index contributed by atoms with van der Waals surface area (Å²) in [6.45, 7) is 2.21. The lowest BCUT2D eigenvalue weighted by Crippen LogP contribution is -2.67. The molecular formula is C29H37N2O3+. The molecule has 0 spiro atoms. The highest BCUT2D eigenvalue weighted by Gasteiger charge is 2.50. The van der Waals surface area contributed by atoms with Gasteiger partial charge in [0.1, 0.15) is 6.54 Å². The number of hydrogen-bond donors (Lipinski definition) is 0. The van der Waals surface area contributed by atoms with E-state index in [1.54, 1.807) is 11.9 Å². The molecule has 4 fully saturated rings. The fraction of sp³-hybridized carbons (Fsp3) is 0.517. The summed E-state index contributed by atoms with van der Waals surface area (Å²) >= 11 is 0. The number of benzene rings is 2. The summed E-state index contributed by atoms with van der Waals surface area (Å²) in [6.07, 6.45) is 8.87. The molecular weight excluding hydrogens is 424 g/mol. The molecule has 3 aliphatic heterocycles. The second-order valence-electron chi connectivity index (χ2n) is 10.6. The maximum Gasteiger partial charge on any atom is 0.418 e. The lowest BCUT2D eigenvalue weighted by molar-refractivity contribution is -0.977. The van der Waals surface area contributed by atoms with Crippen LogP contribution in [-0.4, -0.2) is 49.3 Å². The smallest absolute Gasteiger partial charge is 0.396 e. The molecule has 0 unspecified atom stereocenters. The number of hydrogen-bond acceptors (Lipinski definition) is 3. The summed E-state index contributed by atoms with van der Waals surface area (Å²) in [5.74, 6) is 1.32. The molecule has 1 amide bonds. The summed E-state index contributed by atoms with van der Waals surface area (Å²) in [4.78, 5) is 28.0. The Morgan fingerprint density at radius 2 is 1.68 bits per heavy atom. The summed E-state index contributed by atoms with van der Waals surface area (Å²) in [6, 6.07) is 17.9. The van der Waals surface area contributed by atoms with Crippen LogP contribution < -0.4 is 4.90 Å². The van der Waals surface area contributed by atoms with Crippen molar-refractivity contribution in [1.29, 1.82) is 0 Å². The molecule has 4 aliphatic rings. The molecule has 3 heterocycles. The van der Waals surface area contributed by atoms with E-state index < -0.39 is 0 Å². The molecule has 2 aromatic rings. The molecule has 34 heavy (non-hydrogen) atoms. The number of rotatable bonds is 6. The van der Waals surface area contributed by atoms with Gasteiger partial charge in [-0.15, -0.1) is 0 Å². The number of carbonyl (C=O) groups excluding carboxylic acids is 2. The first-order chi connectivity index (χ1) is 16.5. The van der Waals surface area contributed by atoms with Gasteiger partial charge in [-0.1, -0.05) is 61.7 Å². The Morgan fingerprint density at radius 3 is 2.41 bits per heavy atom. The van der Waals surface area contributed by atoms with Gasteiger partial charge in [0.05, 0.1) is 13.1 Å². The minimum Gasteiger partial charge on any atom is -0.396 e. The third-order valence-electron chi connectivity index (χ3n) is 8.51. The second kappa shape index (κ2) is 9.91. The number of nitrogens with zero attached hydrogens (tertiary/aromatic N) is 2. The Hall–Kier alpha value is -2.66. The van der Waals surface area contributed by atoms with E-state index in [9.17, 15) is 9.59 Å². The van der Waals surface area contributed by atoms with Crippen LogP contribution in [0.5, 0.6) is 0 Å². The normalized spacial score (nSPS) is 26.7. The first kappa shape index (κ1) is 23.1. The van der Waals surface area contributed by atoms with E-state index in [1.807, 2.05) is 36.4 Å². The van der Waals surface area contributed by atoms with Crippen molar-refractivity contribution in [2.24, 2.45) is 5.92 Å². The van der Waals surface area contributed by atoms with Gasteiger partial charge < -0.3 is 4.74 Å². The van der Waals surface area contributed by atoms with E-state index in [0.29, 0.717) is 22.9 Å². The first-order valence-corrected chi connectivity index (χ1v) is 13.0. The Labute approximate surface area is 203 Å². The van der Waals surface area contributed by atoms with E-state index in [0.717, 1.165) is 43.6 Å². The fourth-order valence-electron chi connectivity index (χ4n) is 6.31. The van der Waals surface area contributed by atoms with Gasteiger partial charge in [-0.3, -0.25) is 14.2 Å². The van der Waals surface area contributed by atoms with E-state index in [2.05, 4.69) is 18.2 Å². The predicted molar refractivity (Wildman–Crippen MR) is 134 cm³/mol. The molecule has 0 N–H and O–H groups in total. The molecule has 180 valence electrons. The lowest BCUT2D eigenvalue weighted by atomic mass is 9.84. The van der Waals surface area contributed by atoms with E-state index in [4.69, 9.17) is 4.74 Å². The average Bonchev–Trinajstić information content (AvgIpc) is 2.90. The standard InChI is InChI=1S/C29H37N2O3/c1-30(26-14-8-13-25(20-26)23-9-4-2-5-10-23)29(33)34-28-19-22-15-17-31(28,18-16-22)21-27(32)24-11-6-3-7-12-24/h3,6-8,11-14,20,22-23,28H,2,4-5,9-10,15-19,21H2,1H3/q+1/t22?,28-,31?/m1/s1. The first-order valence-electron chi connectivity index (χ1n) is 13.0. The molecule has 2 bridgehead atoms. The molecule has 5 heteroatoms. The van der Waals surface area contributed by atoms with E-state index >= 15 is 0 Å². The third-order valence-corrected chi connectivity index (χ3v) is 8.51. The monoisotopic (exact) mass is 461 g/mol. The Morgan fingerprint density at radius 1 is 0.941 bits per heavy atom. The number of anilines is 1. The quantitative estimate of drug-likeness (QED) is 0.383. The molecule has 2 aromatic carbocycles. The summed E-state index contributed by atoms with van der Waals surface area (Å²) < 4.78 is 6.75. The van der Waals surface area contributed by atoms with Gasteiger partial charge in [-0.05, 0) is 42.4 Å². The van der Waals surface area contributed by atoms with Crippen molar-refractivity contribution in [2.75, 3.05) is 31.6 Å². The highest BCUT2D eigenvalue weighted by Crippen LogP contribution is 2.40. The number of quaternary nitrogens is 1. The number of amides is 1. The third kappa shape index (κ3) is 4.76. The van der Waals surface area contributed by atoms with Crippen molar-refractivity contribution in [3.63, 3.8) is 0 Å². The van der Waals surface area contributed by atoms with Crippen molar-refractivity contribution in [1.82, 2.24) is 0 Å². The highest BCUT2D eigenvalue weighted by molar-refractivity contribution is 5.97. The topological polar surface area (TPSA) is 46.6 Å². The van der Waals surface area contributed by atoms with Gasteiger partial charge in [0.25, 0.3) is 0 Å². The number of Topliss-reactive ketones (excluding diaryl/α,β-unsaturated/α-hetero) is 1. The van der Waals surface area contributed by atoms with E-state index in [1.165, 1.54) is 37.7 Å². The van der Waals surface area contributed by atoms with Crippen molar-refractivity contribution >= 4 is 17.6 Å². The number of ketones is 1. The molecule has 0 radical (unpaired) electrons. The van der Waals surface area contributed by atoms with Gasteiger partial charge in [0.2, 0.25) is 12.0 Å². The number of fused-ring (bicyclic) bond motifs is 3. The zero-order valence-electron chi connectivity index (χ0n) is 20.3. The van der Waals surface area contributed by atoms with Crippen LogP contribution in [0.1, 0.15) is 73.2 Å². The highest BCUT2D eigenvalue weighted by atomic mass is 16.6. The maximum absolute atomic E-state index is 13.3. The molecule has 1 saturated carbocycles. The minimum atomic E-state index is -0.317. The Bertz CT molecular complexity index is 1010. The number of piperidine rings is 3.